The Bertz CT molecular complexity index is 859. The molecule has 0 atom stereocenters. The topological polar surface area (TPSA) is 85.5 Å². The first-order chi connectivity index (χ1) is 12.4. The van der Waals surface area contributed by atoms with Crippen LogP contribution in [0.3, 0.4) is 0 Å². The number of nitrogens with zero attached hydrogens (tertiary/aromatic N) is 1. The van der Waals surface area contributed by atoms with Crippen LogP contribution in [-0.4, -0.2) is 26.2 Å². The lowest BCUT2D eigenvalue weighted by molar-refractivity contribution is 0.208. The summed E-state index contributed by atoms with van der Waals surface area (Å²) in [5.41, 5.74) is 0.118. The quantitative estimate of drug-likeness (QED) is 0.666. The van der Waals surface area contributed by atoms with Gasteiger partial charge in [0.15, 0.2) is 11.3 Å². The molecule has 4 rings (SSSR count). The molecular weight excluding hydrogens is 354 g/mol. The van der Waals surface area contributed by atoms with Crippen molar-refractivity contribution < 1.29 is 9.59 Å². The molecule has 2 aliphatic rings. The standard InChI is InChI=1S/C18H18ClN5O2/c1-24(2)14-9-5-12(6-10-14)18-17(20-15(25)22-18,21-16(26)23-18)11-3-7-13(19)8-4-11/h3-10H,1-2H3,(H2,20,22,25)(H2,21,23,26). The third kappa shape index (κ3) is 2.20. The van der Waals surface area contributed by atoms with Gasteiger partial charge in [0.1, 0.15) is 0 Å². The number of halogens is 1. The summed E-state index contributed by atoms with van der Waals surface area (Å²) in [6.45, 7) is 0. The Labute approximate surface area is 155 Å². The van der Waals surface area contributed by atoms with E-state index in [1.807, 2.05) is 43.3 Å². The number of urea groups is 2. The first kappa shape index (κ1) is 16.5. The number of rotatable bonds is 3. The molecule has 0 unspecified atom stereocenters. The molecule has 2 aromatic rings. The minimum absolute atomic E-state index is 0.385. The fourth-order valence-electron chi connectivity index (χ4n) is 3.61. The van der Waals surface area contributed by atoms with Gasteiger partial charge in [-0.05, 0) is 24.3 Å². The molecule has 4 amide bonds. The maximum Gasteiger partial charge on any atom is 0.319 e. The summed E-state index contributed by atoms with van der Waals surface area (Å²) >= 11 is 6.00. The van der Waals surface area contributed by atoms with Crippen molar-refractivity contribution in [2.24, 2.45) is 0 Å². The van der Waals surface area contributed by atoms with Crippen LogP contribution < -0.4 is 26.2 Å². The van der Waals surface area contributed by atoms with Crippen molar-refractivity contribution in [3.63, 3.8) is 0 Å². The first-order valence-electron chi connectivity index (χ1n) is 8.11. The van der Waals surface area contributed by atoms with Crippen LogP contribution in [-0.2, 0) is 11.3 Å². The Balaban J connectivity index is 1.89. The molecule has 0 aliphatic carbocycles. The summed E-state index contributed by atoms with van der Waals surface area (Å²) in [7, 11) is 3.90. The molecule has 2 heterocycles. The smallest absolute Gasteiger partial charge is 0.319 e. The molecule has 2 fully saturated rings. The second-order valence-corrected chi connectivity index (χ2v) is 7.04. The van der Waals surface area contributed by atoms with Gasteiger partial charge in [-0.1, -0.05) is 35.9 Å². The van der Waals surface area contributed by atoms with Crippen LogP contribution >= 0.6 is 11.6 Å². The lowest BCUT2D eigenvalue weighted by Gasteiger charge is -2.37. The van der Waals surface area contributed by atoms with Crippen LogP contribution in [0.4, 0.5) is 15.3 Å². The predicted octanol–water partition coefficient (Wildman–Crippen LogP) is 2.04. The molecule has 0 aromatic heterocycles. The van der Waals surface area contributed by atoms with E-state index in [1.165, 1.54) is 0 Å². The molecule has 26 heavy (non-hydrogen) atoms. The van der Waals surface area contributed by atoms with Crippen LogP contribution in [0.2, 0.25) is 5.02 Å². The minimum Gasteiger partial charge on any atom is -0.378 e. The largest absolute Gasteiger partial charge is 0.378 e. The number of hydrogen-bond acceptors (Lipinski definition) is 3. The number of hydrogen-bond donors (Lipinski definition) is 4. The summed E-state index contributed by atoms with van der Waals surface area (Å²) in [5, 5.41) is 12.1. The van der Waals surface area contributed by atoms with Gasteiger partial charge in [0.25, 0.3) is 0 Å². The van der Waals surface area contributed by atoms with E-state index in [-0.39, 0.29) is 12.1 Å². The molecule has 0 saturated carbocycles. The zero-order chi connectivity index (χ0) is 18.5. The fourth-order valence-corrected chi connectivity index (χ4v) is 3.74. The Morgan fingerprint density at radius 2 is 1.12 bits per heavy atom. The number of fused-ring (bicyclic) bond motifs is 1. The molecule has 2 saturated heterocycles. The van der Waals surface area contributed by atoms with E-state index in [0.717, 1.165) is 11.3 Å². The summed E-state index contributed by atoms with van der Waals surface area (Å²) in [4.78, 5) is 26.6. The molecule has 8 heteroatoms. The molecule has 0 bridgehead atoms. The van der Waals surface area contributed by atoms with Gasteiger partial charge in [-0.15, -0.1) is 0 Å². The average Bonchev–Trinajstić information content (AvgIpc) is 3.03. The third-order valence-corrected chi connectivity index (χ3v) is 5.11. The maximum absolute atomic E-state index is 12.3. The first-order valence-corrected chi connectivity index (χ1v) is 8.49. The summed E-state index contributed by atoms with van der Waals surface area (Å²) in [6, 6.07) is 13.9. The summed E-state index contributed by atoms with van der Waals surface area (Å²) in [6.07, 6.45) is 0. The van der Waals surface area contributed by atoms with Crippen LogP contribution in [0.1, 0.15) is 11.1 Å². The van der Waals surface area contributed by atoms with E-state index < -0.39 is 11.3 Å². The fraction of sp³-hybridized carbons (Fsp3) is 0.222. The Kier molecular flexibility index (Phi) is 3.52. The van der Waals surface area contributed by atoms with Crippen molar-refractivity contribution in [1.82, 2.24) is 21.3 Å². The van der Waals surface area contributed by atoms with Crippen LogP contribution in [0.5, 0.6) is 0 Å². The van der Waals surface area contributed by atoms with E-state index in [9.17, 15) is 9.59 Å². The minimum atomic E-state index is -1.18. The highest BCUT2D eigenvalue weighted by Gasteiger charge is 2.66. The molecule has 2 aliphatic heterocycles. The van der Waals surface area contributed by atoms with Gasteiger partial charge in [0.2, 0.25) is 0 Å². The Hall–Kier alpha value is -2.93. The zero-order valence-corrected chi connectivity index (χ0v) is 15.0. The van der Waals surface area contributed by atoms with E-state index >= 15 is 0 Å². The molecule has 0 spiro atoms. The Morgan fingerprint density at radius 1 is 0.731 bits per heavy atom. The third-order valence-electron chi connectivity index (χ3n) is 4.86. The van der Waals surface area contributed by atoms with Gasteiger partial charge in [-0.25, -0.2) is 9.59 Å². The van der Waals surface area contributed by atoms with Gasteiger partial charge >= 0.3 is 12.1 Å². The molecule has 7 nitrogen and oxygen atoms in total. The van der Waals surface area contributed by atoms with Gasteiger partial charge in [0, 0.05) is 35.9 Å². The Morgan fingerprint density at radius 3 is 1.50 bits per heavy atom. The van der Waals surface area contributed by atoms with Crippen molar-refractivity contribution in [3.05, 3.63) is 64.7 Å². The number of amides is 4. The van der Waals surface area contributed by atoms with E-state index in [4.69, 9.17) is 11.6 Å². The highest BCUT2D eigenvalue weighted by molar-refractivity contribution is 6.30. The second-order valence-electron chi connectivity index (χ2n) is 6.61. The lowest BCUT2D eigenvalue weighted by Crippen LogP contribution is -2.60. The van der Waals surface area contributed by atoms with Crippen LogP contribution in [0.25, 0.3) is 0 Å². The van der Waals surface area contributed by atoms with Gasteiger partial charge in [-0.2, -0.15) is 0 Å². The van der Waals surface area contributed by atoms with Crippen molar-refractivity contribution in [1.29, 1.82) is 0 Å². The number of carbonyl (C=O) groups is 2. The van der Waals surface area contributed by atoms with E-state index in [2.05, 4.69) is 21.3 Å². The number of nitrogens with one attached hydrogen (secondary N) is 4. The van der Waals surface area contributed by atoms with Gasteiger partial charge in [0.05, 0.1) is 0 Å². The van der Waals surface area contributed by atoms with Crippen LogP contribution in [0, 0.1) is 0 Å². The van der Waals surface area contributed by atoms with Gasteiger partial charge < -0.3 is 26.2 Å². The van der Waals surface area contributed by atoms with Gasteiger partial charge in [-0.3, -0.25) is 0 Å². The van der Waals surface area contributed by atoms with Crippen molar-refractivity contribution >= 4 is 29.4 Å². The molecule has 134 valence electrons. The van der Waals surface area contributed by atoms with Crippen molar-refractivity contribution in [2.45, 2.75) is 11.3 Å². The highest BCUT2D eigenvalue weighted by atomic mass is 35.5. The molecule has 4 N–H and O–H groups in total. The maximum atomic E-state index is 12.3. The second kappa shape index (κ2) is 5.54. The molecular formula is C18H18ClN5O2. The summed E-state index contributed by atoms with van der Waals surface area (Å²) in [5.74, 6) is 0. The predicted molar refractivity (Wildman–Crippen MR) is 98.9 cm³/mol. The number of carbonyl (C=O) groups excluding carboxylic acids is 2. The number of anilines is 1. The average molecular weight is 372 g/mol. The number of benzene rings is 2. The zero-order valence-electron chi connectivity index (χ0n) is 14.3. The molecule has 2 aromatic carbocycles. The lowest BCUT2D eigenvalue weighted by atomic mass is 9.83. The SMILES string of the molecule is CN(C)c1ccc(C23NC(=O)NC2(c2ccc(Cl)cc2)NC(=O)N3)cc1. The molecule has 0 radical (unpaired) electrons. The van der Waals surface area contributed by atoms with Crippen molar-refractivity contribution in [3.8, 4) is 0 Å². The highest BCUT2D eigenvalue weighted by Crippen LogP contribution is 2.43. The van der Waals surface area contributed by atoms with E-state index in [0.29, 0.717) is 10.6 Å². The van der Waals surface area contributed by atoms with Crippen molar-refractivity contribution in [2.75, 3.05) is 19.0 Å². The normalized spacial score (nSPS) is 26.4. The summed E-state index contributed by atoms with van der Waals surface area (Å²) < 4.78 is 0. The van der Waals surface area contributed by atoms with Crippen LogP contribution in [0.15, 0.2) is 48.5 Å². The van der Waals surface area contributed by atoms with E-state index in [1.54, 1.807) is 24.3 Å². The monoisotopic (exact) mass is 371 g/mol.